The summed E-state index contributed by atoms with van der Waals surface area (Å²) in [6.07, 6.45) is 13.0. The highest BCUT2D eigenvalue weighted by atomic mass is 31.2. The van der Waals surface area contributed by atoms with Crippen molar-refractivity contribution in [2.24, 2.45) is 0 Å². The first kappa shape index (κ1) is 21.4. The van der Waals surface area contributed by atoms with Gasteiger partial charge in [0, 0.05) is 12.2 Å². The molecule has 0 amide bonds. The third-order valence-corrected chi connectivity index (χ3v) is 4.40. The molecule has 130 valence electrons. The molecular formula is C16H31O5P. The molecule has 0 aliphatic rings. The highest BCUT2D eigenvalue weighted by Crippen LogP contribution is 2.35. The molecule has 6 heteroatoms. The minimum atomic E-state index is -3.79. The van der Waals surface area contributed by atoms with E-state index in [-0.39, 0.29) is 12.1 Å². The van der Waals surface area contributed by atoms with Crippen molar-refractivity contribution < 1.29 is 23.9 Å². The zero-order chi connectivity index (χ0) is 16.7. The largest absolute Gasteiger partial charge is 0.463 e. The summed E-state index contributed by atoms with van der Waals surface area (Å²) in [4.78, 5) is 28.2. The van der Waals surface area contributed by atoms with Crippen molar-refractivity contribution in [1.29, 1.82) is 0 Å². The molecule has 22 heavy (non-hydrogen) atoms. The number of hydrogen-bond donors (Lipinski definition) is 2. The molecule has 0 rings (SSSR count). The fourth-order valence-corrected chi connectivity index (χ4v) is 2.88. The van der Waals surface area contributed by atoms with Crippen molar-refractivity contribution in [1.82, 2.24) is 0 Å². The second-order valence-corrected chi connectivity index (χ2v) is 7.43. The number of carbonyl (C=O) groups is 1. The Morgan fingerprint density at radius 1 is 0.864 bits per heavy atom. The number of carbonyl (C=O) groups excluding carboxylic acids is 1. The standard InChI is InChI=1S/C16H31O5P/c1-2-16(17)21-14-12-10-8-6-4-3-5-7-9-11-13-15-22(18,19)20/h2H,1,3-15H2,(H2,18,19,20). The van der Waals surface area contributed by atoms with Crippen molar-refractivity contribution in [3.8, 4) is 0 Å². The smallest absolute Gasteiger partial charge is 0.330 e. The predicted molar refractivity (Wildman–Crippen MR) is 88.9 cm³/mol. The first-order chi connectivity index (χ1) is 10.5. The number of unbranched alkanes of at least 4 members (excludes halogenated alkanes) is 10. The lowest BCUT2D eigenvalue weighted by Gasteiger charge is -2.04. The van der Waals surface area contributed by atoms with E-state index < -0.39 is 7.60 Å². The monoisotopic (exact) mass is 334 g/mol. The van der Waals surface area contributed by atoms with Crippen LogP contribution >= 0.6 is 7.60 Å². The van der Waals surface area contributed by atoms with E-state index in [0.29, 0.717) is 13.0 Å². The summed E-state index contributed by atoms with van der Waals surface area (Å²) in [5.41, 5.74) is 0. The summed E-state index contributed by atoms with van der Waals surface area (Å²) in [7, 11) is -3.79. The summed E-state index contributed by atoms with van der Waals surface area (Å²) < 4.78 is 15.5. The average molecular weight is 334 g/mol. The van der Waals surface area contributed by atoms with Crippen LogP contribution in [0.4, 0.5) is 0 Å². The van der Waals surface area contributed by atoms with Gasteiger partial charge in [-0.15, -0.1) is 0 Å². The topological polar surface area (TPSA) is 83.8 Å². The minimum absolute atomic E-state index is 0.0229. The molecule has 2 N–H and O–H groups in total. The Morgan fingerprint density at radius 3 is 1.68 bits per heavy atom. The SMILES string of the molecule is C=CC(=O)OCCCCCCCCCCCCCP(=O)(O)O. The molecule has 0 aliphatic carbocycles. The molecular weight excluding hydrogens is 303 g/mol. The summed E-state index contributed by atoms with van der Waals surface area (Å²) in [6, 6.07) is 0. The molecule has 0 bridgehead atoms. The third kappa shape index (κ3) is 17.4. The molecule has 0 aromatic rings. The fourth-order valence-electron chi connectivity index (χ4n) is 2.24. The summed E-state index contributed by atoms with van der Waals surface area (Å²) >= 11 is 0. The van der Waals surface area contributed by atoms with E-state index in [1.165, 1.54) is 38.2 Å². The van der Waals surface area contributed by atoms with Gasteiger partial charge in [-0.25, -0.2) is 4.79 Å². The first-order valence-corrected chi connectivity index (χ1v) is 10.1. The lowest BCUT2D eigenvalue weighted by Crippen LogP contribution is -2.01. The highest BCUT2D eigenvalue weighted by molar-refractivity contribution is 7.51. The molecule has 0 unspecified atom stereocenters. The van der Waals surface area contributed by atoms with Gasteiger partial charge in [0.05, 0.1) is 6.61 Å². The molecule has 0 saturated carbocycles. The van der Waals surface area contributed by atoms with Crippen molar-refractivity contribution in [2.75, 3.05) is 12.8 Å². The second kappa shape index (κ2) is 14.0. The quantitative estimate of drug-likeness (QED) is 0.203. The van der Waals surface area contributed by atoms with Gasteiger partial charge in [0.2, 0.25) is 0 Å². The number of rotatable bonds is 15. The van der Waals surface area contributed by atoms with Crippen molar-refractivity contribution in [2.45, 2.75) is 70.6 Å². The molecule has 0 fully saturated rings. The van der Waals surface area contributed by atoms with Crippen LogP contribution in [0.25, 0.3) is 0 Å². The predicted octanol–water partition coefficient (Wildman–Crippen LogP) is 4.18. The van der Waals surface area contributed by atoms with Crippen LogP contribution in [0.15, 0.2) is 12.7 Å². The Hall–Kier alpha value is -0.640. The first-order valence-electron chi connectivity index (χ1n) is 8.29. The van der Waals surface area contributed by atoms with Crippen molar-refractivity contribution in [3.63, 3.8) is 0 Å². The zero-order valence-electron chi connectivity index (χ0n) is 13.5. The molecule has 0 aromatic heterocycles. The number of esters is 1. The van der Waals surface area contributed by atoms with Crippen LogP contribution in [-0.4, -0.2) is 28.5 Å². The number of ether oxygens (including phenoxy) is 1. The van der Waals surface area contributed by atoms with Gasteiger partial charge in [-0.3, -0.25) is 4.57 Å². The Bertz CT molecular complexity index is 337. The summed E-state index contributed by atoms with van der Waals surface area (Å²) in [5, 5.41) is 0. The Labute approximate surface area is 134 Å². The zero-order valence-corrected chi connectivity index (χ0v) is 14.4. The molecule has 0 atom stereocenters. The Balaban J connectivity index is 3.10. The van der Waals surface area contributed by atoms with E-state index in [0.717, 1.165) is 32.1 Å². The molecule has 0 aliphatic heterocycles. The summed E-state index contributed by atoms with van der Waals surface area (Å²) in [6.45, 7) is 3.83. The van der Waals surface area contributed by atoms with Crippen LogP contribution in [0.1, 0.15) is 70.6 Å². The Kier molecular flexibility index (Phi) is 13.6. The maximum absolute atomic E-state index is 10.8. The van der Waals surface area contributed by atoms with Gasteiger partial charge in [-0.05, 0) is 12.8 Å². The van der Waals surface area contributed by atoms with Gasteiger partial charge in [0.25, 0.3) is 0 Å². The van der Waals surface area contributed by atoms with Crippen LogP contribution < -0.4 is 0 Å². The molecule has 0 saturated heterocycles. The van der Waals surface area contributed by atoms with Crippen molar-refractivity contribution in [3.05, 3.63) is 12.7 Å². The van der Waals surface area contributed by atoms with Crippen LogP contribution in [0.2, 0.25) is 0 Å². The number of hydrogen-bond acceptors (Lipinski definition) is 3. The van der Waals surface area contributed by atoms with Gasteiger partial charge in [-0.1, -0.05) is 64.4 Å². The van der Waals surface area contributed by atoms with Crippen LogP contribution in [0.3, 0.4) is 0 Å². The van der Waals surface area contributed by atoms with Gasteiger partial charge in [0.15, 0.2) is 0 Å². The third-order valence-electron chi connectivity index (χ3n) is 3.50. The highest BCUT2D eigenvalue weighted by Gasteiger charge is 2.10. The fraction of sp³-hybridized carbons (Fsp3) is 0.812. The van der Waals surface area contributed by atoms with Gasteiger partial charge in [-0.2, -0.15) is 0 Å². The van der Waals surface area contributed by atoms with E-state index >= 15 is 0 Å². The maximum Gasteiger partial charge on any atom is 0.330 e. The van der Waals surface area contributed by atoms with Crippen LogP contribution in [0, 0.1) is 0 Å². The lowest BCUT2D eigenvalue weighted by atomic mass is 10.1. The van der Waals surface area contributed by atoms with Crippen LogP contribution in [-0.2, 0) is 14.1 Å². The van der Waals surface area contributed by atoms with Crippen LogP contribution in [0.5, 0.6) is 0 Å². The normalized spacial score (nSPS) is 11.4. The molecule has 5 nitrogen and oxygen atoms in total. The lowest BCUT2D eigenvalue weighted by molar-refractivity contribution is -0.137. The average Bonchev–Trinajstić information content (AvgIpc) is 2.46. The van der Waals surface area contributed by atoms with E-state index in [4.69, 9.17) is 14.5 Å². The van der Waals surface area contributed by atoms with E-state index in [1.807, 2.05) is 0 Å². The van der Waals surface area contributed by atoms with Gasteiger partial charge < -0.3 is 14.5 Å². The second-order valence-electron chi connectivity index (χ2n) is 5.65. The minimum Gasteiger partial charge on any atom is -0.463 e. The Morgan fingerprint density at radius 2 is 1.27 bits per heavy atom. The molecule has 0 aromatic carbocycles. The molecule has 0 spiro atoms. The molecule has 0 heterocycles. The van der Waals surface area contributed by atoms with E-state index in [1.54, 1.807) is 0 Å². The molecule has 0 radical (unpaired) electrons. The van der Waals surface area contributed by atoms with Crippen molar-refractivity contribution >= 4 is 13.6 Å². The maximum atomic E-state index is 10.8. The van der Waals surface area contributed by atoms with Gasteiger partial charge in [0.1, 0.15) is 0 Å². The summed E-state index contributed by atoms with van der Waals surface area (Å²) in [5.74, 6) is -0.346. The van der Waals surface area contributed by atoms with E-state index in [2.05, 4.69) is 6.58 Å². The van der Waals surface area contributed by atoms with Gasteiger partial charge >= 0.3 is 13.6 Å². The van der Waals surface area contributed by atoms with E-state index in [9.17, 15) is 9.36 Å².